The molecule has 0 unspecified atom stereocenters. The Morgan fingerprint density at radius 3 is 2.57 bits per heavy atom. The van der Waals surface area contributed by atoms with Crippen LogP contribution in [0.5, 0.6) is 5.75 Å². The van der Waals surface area contributed by atoms with E-state index >= 15 is 0 Å². The first kappa shape index (κ1) is 15.2. The Morgan fingerprint density at radius 1 is 1.24 bits per heavy atom. The second kappa shape index (κ2) is 6.97. The lowest BCUT2D eigenvalue weighted by molar-refractivity contribution is -0.132. The summed E-state index contributed by atoms with van der Waals surface area (Å²) < 4.78 is 5.23. The summed E-state index contributed by atoms with van der Waals surface area (Å²) in [7, 11) is 1.65. The molecule has 0 aliphatic carbocycles. The monoisotopic (exact) mass is 291 g/mol. The third-order valence-corrected chi connectivity index (χ3v) is 3.54. The van der Waals surface area contributed by atoms with E-state index in [1.807, 2.05) is 24.3 Å². The van der Waals surface area contributed by atoms with E-state index < -0.39 is 0 Å². The first-order chi connectivity index (χ1) is 10.1. The second-order valence-corrected chi connectivity index (χ2v) is 4.98. The van der Waals surface area contributed by atoms with Gasteiger partial charge in [-0.05, 0) is 12.1 Å². The van der Waals surface area contributed by atoms with Gasteiger partial charge >= 0.3 is 0 Å². The molecule has 0 atom stereocenters. The van der Waals surface area contributed by atoms with E-state index in [4.69, 9.17) is 4.74 Å². The lowest BCUT2D eigenvalue weighted by Crippen LogP contribution is -2.51. The summed E-state index contributed by atoms with van der Waals surface area (Å²) in [5.74, 6) is 0.616. The second-order valence-electron chi connectivity index (χ2n) is 4.98. The van der Waals surface area contributed by atoms with Gasteiger partial charge in [0.2, 0.25) is 11.8 Å². The van der Waals surface area contributed by atoms with Gasteiger partial charge in [-0.3, -0.25) is 9.59 Å². The van der Waals surface area contributed by atoms with Gasteiger partial charge in [-0.15, -0.1) is 0 Å². The fourth-order valence-electron chi connectivity index (χ4n) is 2.33. The van der Waals surface area contributed by atoms with Crippen molar-refractivity contribution in [3.63, 3.8) is 0 Å². The number of piperazine rings is 1. The van der Waals surface area contributed by atoms with Gasteiger partial charge < -0.3 is 19.9 Å². The molecule has 0 saturated carbocycles. The highest BCUT2D eigenvalue weighted by molar-refractivity contribution is 5.83. The van der Waals surface area contributed by atoms with Crippen molar-refractivity contribution in [1.82, 2.24) is 10.2 Å². The molecule has 2 amide bonds. The molecule has 1 aliphatic rings. The van der Waals surface area contributed by atoms with Gasteiger partial charge in [-0.2, -0.15) is 0 Å². The van der Waals surface area contributed by atoms with Gasteiger partial charge in [0.25, 0.3) is 0 Å². The minimum Gasteiger partial charge on any atom is -0.497 e. The molecule has 0 spiro atoms. The average Bonchev–Trinajstić information content (AvgIpc) is 2.52. The SMILES string of the molecule is COc1cccc(N2CCN(C(=O)CNC(C)=O)CC2)c1. The molecular formula is C15H21N3O3. The number of hydrogen-bond acceptors (Lipinski definition) is 4. The van der Waals surface area contributed by atoms with Crippen molar-refractivity contribution in [2.75, 3.05) is 44.7 Å². The molecule has 1 heterocycles. The molecule has 6 heteroatoms. The number of nitrogens with zero attached hydrogens (tertiary/aromatic N) is 2. The highest BCUT2D eigenvalue weighted by Crippen LogP contribution is 2.22. The lowest BCUT2D eigenvalue weighted by Gasteiger charge is -2.36. The number of carbonyl (C=O) groups excluding carboxylic acids is 2. The third kappa shape index (κ3) is 4.11. The van der Waals surface area contributed by atoms with Gasteiger partial charge in [-0.1, -0.05) is 6.07 Å². The molecule has 1 aromatic rings. The number of nitrogens with one attached hydrogen (secondary N) is 1. The lowest BCUT2D eigenvalue weighted by atomic mass is 10.2. The fourth-order valence-corrected chi connectivity index (χ4v) is 2.33. The van der Waals surface area contributed by atoms with E-state index in [0.29, 0.717) is 13.1 Å². The summed E-state index contributed by atoms with van der Waals surface area (Å²) in [4.78, 5) is 26.8. The van der Waals surface area contributed by atoms with Gasteiger partial charge in [0.15, 0.2) is 0 Å². The molecular weight excluding hydrogens is 270 g/mol. The van der Waals surface area contributed by atoms with Crippen LogP contribution in [0.15, 0.2) is 24.3 Å². The van der Waals surface area contributed by atoms with Crippen molar-refractivity contribution in [2.45, 2.75) is 6.92 Å². The smallest absolute Gasteiger partial charge is 0.242 e. The molecule has 0 aromatic heterocycles. The number of benzene rings is 1. The van der Waals surface area contributed by atoms with Crippen LogP contribution >= 0.6 is 0 Å². The Labute approximate surface area is 124 Å². The van der Waals surface area contributed by atoms with E-state index in [1.54, 1.807) is 12.0 Å². The Bertz CT molecular complexity index is 511. The third-order valence-electron chi connectivity index (χ3n) is 3.54. The first-order valence-corrected chi connectivity index (χ1v) is 7.01. The number of anilines is 1. The van der Waals surface area contributed by atoms with Crippen molar-refractivity contribution in [1.29, 1.82) is 0 Å². The van der Waals surface area contributed by atoms with Crippen LogP contribution in [-0.2, 0) is 9.59 Å². The highest BCUT2D eigenvalue weighted by atomic mass is 16.5. The van der Waals surface area contributed by atoms with Crippen LogP contribution in [0.25, 0.3) is 0 Å². The number of methoxy groups -OCH3 is 1. The van der Waals surface area contributed by atoms with Crippen LogP contribution in [0.2, 0.25) is 0 Å². The van der Waals surface area contributed by atoms with Crippen LogP contribution in [-0.4, -0.2) is 56.5 Å². The van der Waals surface area contributed by atoms with Crippen molar-refractivity contribution in [3.8, 4) is 5.75 Å². The molecule has 0 radical (unpaired) electrons. The van der Waals surface area contributed by atoms with E-state index in [0.717, 1.165) is 24.5 Å². The molecule has 1 aliphatic heterocycles. The molecule has 1 fully saturated rings. The number of amides is 2. The van der Waals surface area contributed by atoms with E-state index in [9.17, 15) is 9.59 Å². The van der Waals surface area contributed by atoms with Crippen LogP contribution in [0.1, 0.15) is 6.92 Å². The van der Waals surface area contributed by atoms with Crippen LogP contribution < -0.4 is 15.0 Å². The summed E-state index contributed by atoms with van der Waals surface area (Å²) in [6, 6.07) is 7.91. The summed E-state index contributed by atoms with van der Waals surface area (Å²) in [6.45, 7) is 4.37. The molecule has 1 aromatic carbocycles. The molecule has 1 N–H and O–H groups in total. The Hall–Kier alpha value is -2.24. The summed E-state index contributed by atoms with van der Waals surface area (Å²) in [5.41, 5.74) is 1.10. The minimum absolute atomic E-state index is 0.0320. The van der Waals surface area contributed by atoms with Crippen molar-refractivity contribution >= 4 is 17.5 Å². The number of rotatable bonds is 4. The van der Waals surface area contributed by atoms with Crippen LogP contribution in [0.3, 0.4) is 0 Å². The number of carbonyl (C=O) groups is 2. The maximum absolute atomic E-state index is 11.9. The molecule has 21 heavy (non-hydrogen) atoms. The van der Waals surface area contributed by atoms with E-state index in [-0.39, 0.29) is 18.4 Å². The zero-order valence-electron chi connectivity index (χ0n) is 12.5. The normalized spacial score (nSPS) is 14.8. The zero-order chi connectivity index (χ0) is 15.2. The van der Waals surface area contributed by atoms with Crippen molar-refractivity contribution in [3.05, 3.63) is 24.3 Å². The van der Waals surface area contributed by atoms with Crippen molar-refractivity contribution < 1.29 is 14.3 Å². The van der Waals surface area contributed by atoms with Crippen LogP contribution in [0.4, 0.5) is 5.69 Å². The average molecular weight is 291 g/mol. The largest absolute Gasteiger partial charge is 0.497 e. The predicted octanol–water partition coefficient (Wildman–Crippen LogP) is 0.480. The maximum Gasteiger partial charge on any atom is 0.242 e. The molecule has 114 valence electrons. The number of hydrogen-bond donors (Lipinski definition) is 1. The fraction of sp³-hybridized carbons (Fsp3) is 0.467. The van der Waals surface area contributed by atoms with Gasteiger partial charge in [0, 0.05) is 44.9 Å². The molecule has 1 saturated heterocycles. The van der Waals surface area contributed by atoms with Gasteiger partial charge in [0.05, 0.1) is 13.7 Å². The molecule has 0 bridgehead atoms. The van der Waals surface area contributed by atoms with Gasteiger partial charge in [-0.25, -0.2) is 0 Å². The highest BCUT2D eigenvalue weighted by Gasteiger charge is 2.21. The van der Waals surface area contributed by atoms with E-state index in [1.165, 1.54) is 6.92 Å². The first-order valence-electron chi connectivity index (χ1n) is 7.01. The topological polar surface area (TPSA) is 61.9 Å². The zero-order valence-corrected chi connectivity index (χ0v) is 12.5. The van der Waals surface area contributed by atoms with Crippen molar-refractivity contribution in [2.24, 2.45) is 0 Å². The quantitative estimate of drug-likeness (QED) is 0.876. The maximum atomic E-state index is 11.9. The Kier molecular flexibility index (Phi) is 5.03. The standard InChI is InChI=1S/C15H21N3O3/c1-12(19)16-11-15(20)18-8-6-17(7-9-18)13-4-3-5-14(10-13)21-2/h3-5,10H,6-9,11H2,1-2H3,(H,16,19). The summed E-state index contributed by atoms with van der Waals surface area (Å²) in [6.07, 6.45) is 0. The minimum atomic E-state index is -0.182. The molecule has 6 nitrogen and oxygen atoms in total. The van der Waals surface area contributed by atoms with E-state index in [2.05, 4.69) is 10.2 Å². The van der Waals surface area contributed by atoms with Gasteiger partial charge in [0.1, 0.15) is 5.75 Å². The Morgan fingerprint density at radius 2 is 1.95 bits per heavy atom. The Balaban J connectivity index is 1.87. The summed E-state index contributed by atoms with van der Waals surface area (Å²) in [5, 5.41) is 2.54. The predicted molar refractivity (Wildman–Crippen MR) is 80.5 cm³/mol. The molecule has 2 rings (SSSR count). The van der Waals surface area contributed by atoms with Crippen LogP contribution in [0, 0.1) is 0 Å². The number of ether oxygens (including phenoxy) is 1. The summed E-state index contributed by atoms with van der Waals surface area (Å²) >= 11 is 0.